The van der Waals surface area contributed by atoms with Gasteiger partial charge in [0.2, 0.25) is 0 Å². The van der Waals surface area contributed by atoms with E-state index in [0.29, 0.717) is 21.8 Å². The van der Waals surface area contributed by atoms with E-state index < -0.39 is 27.5 Å². The minimum absolute atomic E-state index is 0.0359. The maximum atomic E-state index is 13.0. The van der Waals surface area contributed by atoms with Crippen molar-refractivity contribution in [3.05, 3.63) is 82.7 Å². The van der Waals surface area contributed by atoms with Crippen molar-refractivity contribution in [3.8, 4) is 11.8 Å². The number of carboxylic acid groups (broad SMARTS) is 1. The number of aliphatic carboxylic acids is 1. The van der Waals surface area contributed by atoms with Crippen LogP contribution in [0.15, 0.2) is 64.9 Å². The molecule has 0 saturated carbocycles. The summed E-state index contributed by atoms with van der Waals surface area (Å²) in [5.74, 6) is 2.85. The lowest BCUT2D eigenvalue weighted by Gasteiger charge is -2.10. The molecule has 9 heteroatoms. The van der Waals surface area contributed by atoms with Gasteiger partial charge in [0, 0.05) is 12.0 Å². The number of aromatic amines is 1. The number of nitrogens with zero attached hydrogens (tertiary/aromatic N) is 1. The number of imidazole rings is 1. The number of thiophene rings is 1. The Balaban J connectivity index is 1.50. The smallest absolute Gasteiger partial charge is 0.307 e. The molecule has 0 radical (unpaired) electrons. The number of nitrogens with one attached hydrogen (secondary N) is 1. The molecule has 4 aromatic rings. The van der Waals surface area contributed by atoms with Crippen LogP contribution in [-0.4, -0.2) is 35.2 Å². The highest BCUT2D eigenvalue weighted by molar-refractivity contribution is 7.93. The molecule has 2 aromatic heterocycles. The molecule has 0 aliphatic carbocycles. The average Bonchev–Trinajstić information content (AvgIpc) is 3.39. The standard InChI is InChI=1S/C23H17FN2O4S2/c24-17-8-5-15(6-9-17)7-10-18-11-12-22(31-18)32(29,30)14-16(23(27)28)13-21-25-19-3-1-2-4-20(19)26-21/h1-6,8-9,11-12,16H,13-14H2,(H,25,26)(H,27,28)/t16-/m0/s1. The van der Waals surface area contributed by atoms with Gasteiger partial charge in [-0.3, -0.25) is 4.79 Å². The number of benzene rings is 2. The molecule has 162 valence electrons. The number of carboxylic acids is 1. The Kier molecular flexibility index (Phi) is 6.08. The van der Waals surface area contributed by atoms with E-state index in [4.69, 9.17) is 0 Å². The number of rotatable bonds is 6. The van der Waals surface area contributed by atoms with Crippen molar-refractivity contribution < 1.29 is 22.7 Å². The van der Waals surface area contributed by atoms with Gasteiger partial charge in [-0.1, -0.05) is 24.0 Å². The Labute approximate surface area is 187 Å². The fraction of sp³-hybridized carbons (Fsp3) is 0.130. The van der Waals surface area contributed by atoms with Crippen LogP contribution in [0.1, 0.15) is 16.3 Å². The highest BCUT2D eigenvalue weighted by Crippen LogP contribution is 2.25. The van der Waals surface area contributed by atoms with Crippen molar-refractivity contribution in [2.24, 2.45) is 5.92 Å². The van der Waals surface area contributed by atoms with Crippen molar-refractivity contribution in [1.82, 2.24) is 9.97 Å². The summed E-state index contributed by atoms with van der Waals surface area (Å²) in [5, 5.41) is 9.60. The Morgan fingerprint density at radius 2 is 1.84 bits per heavy atom. The van der Waals surface area contributed by atoms with Gasteiger partial charge in [-0.05, 0) is 48.5 Å². The van der Waals surface area contributed by atoms with Crippen LogP contribution in [0.2, 0.25) is 0 Å². The molecule has 0 aliphatic heterocycles. The number of H-pyrrole nitrogens is 1. The van der Waals surface area contributed by atoms with Crippen LogP contribution < -0.4 is 0 Å². The first-order chi connectivity index (χ1) is 15.3. The molecule has 2 N–H and O–H groups in total. The summed E-state index contributed by atoms with van der Waals surface area (Å²) >= 11 is 0.974. The monoisotopic (exact) mass is 468 g/mol. The number of fused-ring (bicyclic) bond motifs is 1. The summed E-state index contributed by atoms with van der Waals surface area (Å²) in [4.78, 5) is 19.7. The topological polar surface area (TPSA) is 100 Å². The molecule has 4 rings (SSSR count). The molecule has 2 heterocycles. The minimum atomic E-state index is -3.84. The summed E-state index contributed by atoms with van der Waals surface area (Å²) in [7, 11) is -3.84. The zero-order valence-corrected chi connectivity index (χ0v) is 18.2. The summed E-state index contributed by atoms with van der Waals surface area (Å²) in [6, 6.07) is 15.9. The van der Waals surface area contributed by atoms with Gasteiger partial charge in [-0.25, -0.2) is 17.8 Å². The molecule has 2 aromatic carbocycles. The van der Waals surface area contributed by atoms with E-state index in [-0.39, 0.29) is 16.4 Å². The zero-order valence-electron chi connectivity index (χ0n) is 16.6. The summed E-state index contributed by atoms with van der Waals surface area (Å²) in [6.45, 7) is 0. The third-order valence-electron chi connectivity index (χ3n) is 4.71. The lowest BCUT2D eigenvalue weighted by atomic mass is 10.1. The van der Waals surface area contributed by atoms with Gasteiger partial charge in [0.05, 0.1) is 27.6 Å². The number of hydrogen-bond donors (Lipinski definition) is 2. The summed E-state index contributed by atoms with van der Waals surface area (Å²) in [5.41, 5.74) is 2.05. The fourth-order valence-electron chi connectivity index (χ4n) is 3.12. The van der Waals surface area contributed by atoms with Gasteiger partial charge < -0.3 is 10.1 Å². The number of carbonyl (C=O) groups is 1. The molecule has 0 spiro atoms. The van der Waals surface area contributed by atoms with Gasteiger partial charge in [-0.15, -0.1) is 11.3 Å². The Morgan fingerprint density at radius 3 is 2.56 bits per heavy atom. The summed E-state index contributed by atoms with van der Waals surface area (Å²) in [6.07, 6.45) is -0.0359. The van der Waals surface area contributed by atoms with E-state index in [1.54, 1.807) is 12.1 Å². The second kappa shape index (κ2) is 8.94. The largest absolute Gasteiger partial charge is 0.481 e. The van der Waals surface area contributed by atoms with Crippen molar-refractivity contribution in [3.63, 3.8) is 0 Å². The van der Waals surface area contributed by atoms with Crippen molar-refractivity contribution in [1.29, 1.82) is 0 Å². The first-order valence-corrected chi connectivity index (χ1v) is 12.0. The molecule has 0 amide bonds. The maximum Gasteiger partial charge on any atom is 0.307 e. The van der Waals surface area contributed by atoms with Crippen LogP contribution in [0.4, 0.5) is 4.39 Å². The normalized spacial score (nSPS) is 12.3. The van der Waals surface area contributed by atoms with Crippen LogP contribution in [0.3, 0.4) is 0 Å². The van der Waals surface area contributed by atoms with E-state index >= 15 is 0 Å². The van der Waals surface area contributed by atoms with E-state index in [1.165, 1.54) is 30.3 Å². The highest BCUT2D eigenvalue weighted by Gasteiger charge is 2.29. The quantitative estimate of drug-likeness (QED) is 0.419. The van der Waals surface area contributed by atoms with E-state index in [0.717, 1.165) is 16.9 Å². The molecule has 32 heavy (non-hydrogen) atoms. The van der Waals surface area contributed by atoms with Gasteiger partial charge >= 0.3 is 5.97 Å². The lowest BCUT2D eigenvalue weighted by molar-refractivity contribution is -0.140. The van der Waals surface area contributed by atoms with E-state index in [1.807, 2.05) is 18.2 Å². The van der Waals surface area contributed by atoms with Crippen molar-refractivity contribution >= 4 is 38.2 Å². The number of sulfone groups is 1. The Morgan fingerprint density at radius 1 is 1.09 bits per heavy atom. The highest BCUT2D eigenvalue weighted by atomic mass is 32.2. The van der Waals surface area contributed by atoms with E-state index in [9.17, 15) is 22.7 Å². The molecular formula is C23H17FN2O4S2. The SMILES string of the molecule is O=C(O)[C@@H](Cc1nc2ccccc2[nH]1)CS(=O)(=O)c1ccc(C#Cc2ccc(F)cc2)s1. The van der Waals surface area contributed by atoms with Crippen LogP contribution in [0.25, 0.3) is 11.0 Å². The predicted molar refractivity (Wildman–Crippen MR) is 120 cm³/mol. The molecule has 1 atom stereocenters. The fourth-order valence-corrected chi connectivity index (χ4v) is 5.92. The zero-order chi connectivity index (χ0) is 22.7. The second-order valence-corrected chi connectivity index (χ2v) is 10.4. The Hall–Kier alpha value is -3.48. The Bertz CT molecular complexity index is 1410. The number of hydrogen-bond acceptors (Lipinski definition) is 5. The first kappa shape index (κ1) is 21.7. The third-order valence-corrected chi connectivity index (χ3v) is 8.11. The molecule has 0 saturated heterocycles. The van der Waals surface area contributed by atoms with Gasteiger partial charge in [0.25, 0.3) is 0 Å². The molecule has 0 fully saturated rings. The third kappa shape index (κ3) is 5.04. The van der Waals surface area contributed by atoms with Crippen molar-refractivity contribution in [2.75, 3.05) is 5.75 Å². The van der Waals surface area contributed by atoms with Crippen LogP contribution in [-0.2, 0) is 21.1 Å². The van der Waals surface area contributed by atoms with Crippen LogP contribution >= 0.6 is 11.3 Å². The van der Waals surface area contributed by atoms with Gasteiger partial charge in [0.1, 0.15) is 15.9 Å². The molecule has 0 aliphatic rings. The average molecular weight is 469 g/mol. The molecular weight excluding hydrogens is 451 g/mol. The molecule has 0 bridgehead atoms. The predicted octanol–water partition coefficient (Wildman–Crippen LogP) is 3.88. The summed E-state index contributed by atoms with van der Waals surface area (Å²) < 4.78 is 38.8. The van der Waals surface area contributed by atoms with Crippen molar-refractivity contribution in [2.45, 2.75) is 10.6 Å². The van der Waals surface area contributed by atoms with Gasteiger partial charge in [-0.2, -0.15) is 0 Å². The van der Waals surface area contributed by atoms with E-state index in [2.05, 4.69) is 21.8 Å². The van der Waals surface area contributed by atoms with Gasteiger partial charge in [0.15, 0.2) is 9.84 Å². The molecule has 6 nitrogen and oxygen atoms in total. The lowest BCUT2D eigenvalue weighted by Crippen LogP contribution is -2.26. The van der Waals surface area contributed by atoms with Crippen LogP contribution in [0, 0.1) is 23.6 Å². The number of halogens is 1. The number of aromatic nitrogens is 2. The first-order valence-electron chi connectivity index (χ1n) is 9.57. The molecule has 0 unspecified atom stereocenters. The second-order valence-electron chi connectivity index (χ2n) is 7.10. The number of para-hydroxylation sites is 2. The maximum absolute atomic E-state index is 13.0. The minimum Gasteiger partial charge on any atom is -0.481 e. The van der Waals surface area contributed by atoms with Crippen LogP contribution in [0.5, 0.6) is 0 Å².